The number of phenolic OH excluding ortho intramolecular Hbond substituents is 1. The Balaban J connectivity index is 0.00000480. The van der Waals surface area contributed by atoms with E-state index in [1.54, 1.807) is 12.1 Å². The van der Waals surface area contributed by atoms with Crippen LogP contribution in [0.3, 0.4) is 0 Å². The highest BCUT2D eigenvalue weighted by Gasteiger charge is 2.28. The Kier molecular flexibility index (Phi) is 8.75. The molecule has 0 fully saturated rings. The van der Waals surface area contributed by atoms with E-state index in [1.165, 1.54) is 5.56 Å². The van der Waals surface area contributed by atoms with Crippen LogP contribution in [0.4, 0.5) is 0 Å². The van der Waals surface area contributed by atoms with Gasteiger partial charge in [-0.3, -0.25) is 0 Å². The van der Waals surface area contributed by atoms with Crippen molar-refractivity contribution in [3.05, 3.63) is 64.7 Å². The van der Waals surface area contributed by atoms with Crippen LogP contribution in [0.25, 0.3) is 0 Å². The first-order chi connectivity index (χ1) is 13.7. The SMILES string of the molecule is CC(C)(C)c1cc(C(=O)OCC[N+](C)(C)Cc2ccccc2)cc(C(C)(C)C)c1O.[Cl-]. The van der Waals surface area contributed by atoms with E-state index in [0.717, 1.165) is 28.7 Å². The van der Waals surface area contributed by atoms with Crippen LogP contribution in [0.5, 0.6) is 5.75 Å². The van der Waals surface area contributed by atoms with E-state index < -0.39 is 0 Å². The number of carbonyl (C=O) groups excluding carboxylic acids is 1. The number of rotatable bonds is 6. The fourth-order valence-corrected chi connectivity index (χ4v) is 3.52. The summed E-state index contributed by atoms with van der Waals surface area (Å²) in [5, 5.41) is 10.8. The van der Waals surface area contributed by atoms with Gasteiger partial charge in [-0.15, -0.1) is 0 Å². The Morgan fingerprint density at radius 2 is 1.42 bits per heavy atom. The molecule has 0 heterocycles. The highest BCUT2D eigenvalue weighted by atomic mass is 35.5. The van der Waals surface area contributed by atoms with Crippen LogP contribution in [-0.2, 0) is 22.1 Å². The molecule has 0 aliphatic heterocycles. The van der Waals surface area contributed by atoms with Gasteiger partial charge < -0.3 is 26.7 Å². The van der Waals surface area contributed by atoms with Crippen molar-refractivity contribution in [2.45, 2.75) is 58.9 Å². The highest BCUT2D eigenvalue weighted by Crippen LogP contribution is 2.39. The molecule has 4 nitrogen and oxygen atoms in total. The van der Waals surface area contributed by atoms with Crippen LogP contribution >= 0.6 is 0 Å². The maximum absolute atomic E-state index is 12.8. The number of likely N-dealkylation sites (N-methyl/N-ethyl adjacent to an activating group) is 1. The number of carbonyl (C=O) groups is 1. The van der Waals surface area contributed by atoms with E-state index in [9.17, 15) is 9.90 Å². The van der Waals surface area contributed by atoms with E-state index in [2.05, 4.69) is 26.2 Å². The molecule has 0 radical (unpaired) electrons. The normalized spacial score (nSPS) is 12.3. The summed E-state index contributed by atoms with van der Waals surface area (Å²) in [7, 11) is 4.27. The summed E-state index contributed by atoms with van der Waals surface area (Å²) in [5.74, 6) is -0.0714. The van der Waals surface area contributed by atoms with E-state index in [1.807, 2.05) is 59.7 Å². The van der Waals surface area contributed by atoms with Gasteiger partial charge in [-0.05, 0) is 23.0 Å². The zero-order valence-corrected chi connectivity index (χ0v) is 21.0. The summed E-state index contributed by atoms with van der Waals surface area (Å²) in [6.07, 6.45) is 0. The third-order valence-electron chi connectivity index (χ3n) is 5.34. The molecule has 0 amide bonds. The van der Waals surface area contributed by atoms with Crippen molar-refractivity contribution in [2.24, 2.45) is 0 Å². The third kappa shape index (κ3) is 7.55. The quantitative estimate of drug-likeness (QED) is 0.546. The lowest BCUT2D eigenvalue weighted by Crippen LogP contribution is -3.00. The highest BCUT2D eigenvalue weighted by molar-refractivity contribution is 5.90. The number of quaternary nitrogens is 1. The Morgan fingerprint density at radius 3 is 1.87 bits per heavy atom. The van der Waals surface area contributed by atoms with Crippen molar-refractivity contribution in [1.29, 1.82) is 0 Å². The molecule has 0 aromatic heterocycles. The fraction of sp³-hybridized carbons (Fsp3) is 0.500. The van der Waals surface area contributed by atoms with E-state index in [-0.39, 0.29) is 35.0 Å². The number of aromatic hydroxyl groups is 1. The molecule has 0 saturated heterocycles. The molecule has 0 aliphatic carbocycles. The molecular weight excluding hydrogens is 410 g/mol. The number of esters is 1. The maximum Gasteiger partial charge on any atom is 0.338 e. The molecule has 2 aromatic rings. The summed E-state index contributed by atoms with van der Waals surface area (Å²) >= 11 is 0. The lowest BCUT2D eigenvalue weighted by atomic mass is 9.78. The monoisotopic (exact) mass is 447 g/mol. The van der Waals surface area contributed by atoms with Crippen molar-refractivity contribution < 1.29 is 31.5 Å². The second-order valence-corrected chi connectivity index (χ2v) is 10.9. The summed E-state index contributed by atoms with van der Waals surface area (Å²) < 4.78 is 6.37. The van der Waals surface area contributed by atoms with Crippen LogP contribution in [-0.4, -0.2) is 42.8 Å². The van der Waals surface area contributed by atoms with Crippen LogP contribution in [0.1, 0.15) is 68.6 Å². The third-order valence-corrected chi connectivity index (χ3v) is 5.34. The Morgan fingerprint density at radius 1 is 0.935 bits per heavy atom. The number of nitrogens with zero attached hydrogens (tertiary/aromatic N) is 1. The summed E-state index contributed by atoms with van der Waals surface area (Å²) in [6, 6.07) is 13.9. The van der Waals surface area contributed by atoms with Gasteiger partial charge in [0.05, 0.1) is 19.7 Å². The van der Waals surface area contributed by atoms with Crippen LogP contribution in [0.2, 0.25) is 0 Å². The molecule has 0 bridgehead atoms. The zero-order chi connectivity index (χ0) is 22.7. The van der Waals surface area contributed by atoms with Gasteiger partial charge in [0.25, 0.3) is 0 Å². The molecular formula is C26H38ClNO3. The van der Waals surface area contributed by atoms with Gasteiger partial charge in [-0.1, -0.05) is 71.9 Å². The average molecular weight is 448 g/mol. The second-order valence-electron chi connectivity index (χ2n) is 10.9. The first-order valence-corrected chi connectivity index (χ1v) is 10.6. The second kappa shape index (κ2) is 10.1. The van der Waals surface area contributed by atoms with Gasteiger partial charge in [0.1, 0.15) is 25.4 Å². The van der Waals surface area contributed by atoms with Crippen LogP contribution in [0, 0.1) is 0 Å². The van der Waals surface area contributed by atoms with Crippen molar-refractivity contribution >= 4 is 5.97 Å². The van der Waals surface area contributed by atoms with Crippen molar-refractivity contribution in [3.63, 3.8) is 0 Å². The van der Waals surface area contributed by atoms with E-state index in [0.29, 0.717) is 12.2 Å². The number of hydrogen-bond donors (Lipinski definition) is 1. The predicted octanol–water partition coefficient (Wildman–Crippen LogP) is 2.42. The fourth-order valence-electron chi connectivity index (χ4n) is 3.52. The number of hydrogen-bond acceptors (Lipinski definition) is 3. The van der Waals surface area contributed by atoms with Gasteiger partial charge in [-0.25, -0.2) is 4.79 Å². The molecule has 0 saturated carbocycles. The molecule has 0 spiro atoms. The van der Waals surface area contributed by atoms with Crippen molar-refractivity contribution in [1.82, 2.24) is 0 Å². The lowest BCUT2D eigenvalue weighted by Gasteiger charge is -2.30. The summed E-state index contributed by atoms with van der Waals surface area (Å²) in [6.45, 7) is 14.1. The van der Waals surface area contributed by atoms with Crippen molar-refractivity contribution in [2.75, 3.05) is 27.2 Å². The largest absolute Gasteiger partial charge is 1.00 e. The molecule has 5 heteroatoms. The van der Waals surface area contributed by atoms with Gasteiger partial charge in [-0.2, -0.15) is 0 Å². The molecule has 0 unspecified atom stereocenters. The smallest absolute Gasteiger partial charge is 0.338 e. The lowest BCUT2D eigenvalue weighted by molar-refractivity contribution is -0.903. The minimum absolute atomic E-state index is 0. The first-order valence-electron chi connectivity index (χ1n) is 10.6. The Hall–Kier alpha value is -2.04. The van der Waals surface area contributed by atoms with E-state index in [4.69, 9.17) is 4.74 Å². The maximum atomic E-state index is 12.8. The minimum atomic E-state index is -0.342. The predicted molar refractivity (Wildman–Crippen MR) is 123 cm³/mol. The zero-order valence-electron chi connectivity index (χ0n) is 20.3. The molecule has 1 N–H and O–H groups in total. The standard InChI is InChI=1S/C26H37NO3.ClH/c1-25(2,3)21-16-20(17-22(23(21)28)26(4,5)6)24(29)30-15-14-27(7,8)18-19-12-10-9-11-13-19;/h9-13,16-17H,14-15,18H2,1-8H3;1H. The molecule has 0 atom stereocenters. The molecule has 31 heavy (non-hydrogen) atoms. The van der Waals surface area contributed by atoms with Crippen LogP contribution in [0.15, 0.2) is 42.5 Å². The summed E-state index contributed by atoms with van der Waals surface area (Å²) in [5.41, 5.74) is 2.72. The number of phenols is 1. The Labute approximate surface area is 194 Å². The van der Waals surface area contributed by atoms with Gasteiger partial charge in [0, 0.05) is 16.7 Å². The summed E-state index contributed by atoms with van der Waals surface area (Å²) in [4.78, 5) is 12.8. The van der Waals surface area contributed by atoms with Gasteiger partial charge in [0.15, 0.2) is 0 Å². The molecule has 2 aromatic carbocycles. The van der Waals surface area contributed by atoms with Gasteiger partial charge >= 0.3 is 5.97 Å². The van der Waals surface area contributed by atoms with Crippen molar-refractivity contribution in [3.8, 4) is 5.75 Å². The molecule has 0 aliphatic rings. The Bertz CT molecular complexity index is 843. The number of halogens is 1. The van der Waals surface area contributed by atoms with Gasteiger partial charge in [0.2, 0.25) is 0 Å². The topological polar surface area (TPSA) is 46.5 Å². The minimum Gasteiger partial charge on any atom is -1.00 e. The molecule has 172 valence electrons. The molecule has 2 rings (SSSR count). The number of ether oxygens (including phenoxy) is 1. The van der Waals surface area contributed by atoms with Crippen LogP contribution < -0.4 is 12.4 Å². The average Bonchev–Trinajstić information content (AvgIpc) is 2.60. The number of benzene rings is 2. The first kappa shape index (κ1) is 27.0. The van der Waals surface area contributed by atoms with E-state index >= 15 is 0 Å².